The summed E-state index contributed by atoms with van der Waals surface area (Å²) >= 11 is 0. The van der Waals surface area contributed by atoms with Crippen molar-refractivity contribution in [2.75, 3.05) is 33.2 Å². The highest BCUT2D eigenvalue weighted by molar-refractivity contribution is 5.88. The fraction of sp³-hybridized carbons (Fsp3) is 0.571. The Kier molecular flexibility index (Phi) is 6.03. The molecule has 28 heavy (non-hydrogen) atoms. The van der Waals surface area contributed by atoms with Crippen LogP contribution >= 0.6 is 0 Å². The lowest BCUT2D eigenvalue weighted by atomic mass is 9.72. The van der Waals surface area contributed by atoms with Gasteiger partial charge in [0.05, 0.1) is 12.1 Å². The molecule has 0 saturated carbocycles. The van der Waals surface area contributed by atoms with E-state index in [0.29, 0.717) is 19.5 Å². The number of carboxylic acids is 1. The van der Waals surface area contributed by atoms with Gasteiger partial charge in [0.2, 0.25) is 11.8 Å². The number of amides is 2. The van der Waals surface area contributed by atoms with Crippen molar-refractivity contribution in [3.8, 4) is 0 Å². The van der Waals surface area contributed by atoms with Crippen molar-refractivity contribution in [3.63, 3.8) is 0 Å². The first-order chi connectivity index (χ1) is 13.3. The zero-order valence-electron chi connectivity index (χ0n) is 16.7. The van der Waals surface area contributed by atoms with Gasteiger partial charge in [-0.2, -0.15) is 0 Å². The van der Waals surface area contributed by atoms with E-state index in [9.17, 15) is 14.4 Å². The zero-order valence-corrected chi connectivity index (χ0v) is 16.7. The molecular formula is C21H29N3O4. The van der Waals surface area contributed by atoms with Crippen LogP contribution in [0.5, 0.6) is 0 Å². The third-order valence-corrected chi connectivity index (χ3v) is 6.22. The predicted molar refractivity (Wildman–Crippen MR) is 105 cm³/mol. The lowest BCUT2D eigenvalue weighted by molar-refractivity contribution is -0.137. The van der Waals surface area contributed by atoms with Gasteiger partial charge in [0.1, 0.15) is 0 Å². The third kappa shape index (κ3) is 4.70. The molecule has 7 nitrogen and oxygen atoms in total. The Morgan fingerprint density at radius 3 is 2.57 bits per heavy atom. The maximum absolute atomic E-state index is 12.4. The lowest BCUT2D eigenvalue weighted by Crippen LogP contribution is -2.51. The molecule has 2 heterocycles. The van der Waals surface area contributed by atoms with Crippen LogP contribution in [0.15, 0.2) is 18.2 Å². The van der Waals surface area contributed by atoms with Gasteiger partial charge in [0.25, 0.3) is 0 Å². The van der Waals surface area contributed by atoms with Gasteiger partial charge in [-0.3, -0.25) is 14.5 Å². The summed E-state index contributed by atoms with van der Waals surface area (Å²) in [6, 6.07) is 4.95. The number of nitrogens with zero attached hydrogens (tertiary/aromatic N) is 2. The third-order valence-electron chi connectivity index (χ3n) is 6.22. The van der Waals surface area contributed by atoms with E-state index < -0.39 is 5.97 Å². The number of rotatable bonds is 5. The van der Waals surface area contributed by atoms with Crippen LogP contribution in [0.25, 0.3) is 0 Å². The van der Waals surface area contributed by atoms with Crippen LogP contribution in [0.4, 0.5) is 0 Å². The van der Waals surface area contributed by atoms with Crippen molar-refractivity contribution < 1.29 is 19.5 Å². The Morgan fingerprint density at radius 1 is 1.21 bits per heavy atom. The van der Waals surface area contributed by atoms with Crippen LogP contribution < -0.4 is 5.32 Å². The highest BCUT2D eigenvalue weighted by Gasteiger charge is 2.39. The van der Waals surface area contributed by atoms with Gasteiger partial charge in [0, 0.05) is 26.6 Å². The first kappa shape index (κ1) is 20.3. The molecule has 2 saturated heterocycles. The second-order valence-electron chi connectivity index (χ2n) is 8.25. The Morgan fingerprint density at radius 2 is 1.93 bits per heavy atom. The number of piperidine rings is 2. The maximum atomic E-state index is 12.4. The molecule has 0 atom stereocenters. The number of benzene rings is 1. The average molecular weight is 387 g/mol. The molecule has 2 fully saturated rings. The second kappa shape index (κ2) is 8.31. The minimum Gasteiger partial charge on any atom is -0.478 e. The van der Waals surface area contributed by atoms with Crippen LogP contribution in [0.1, 0.15) is 47.2 Å². The van der Waals surface area contributed by atoms with E-state index >= 15 is 0 Å². The minimum absolute atomic E-state index is 0.0491. The standard InChI is InChI=1S/C21H29N3O4/c1-15-3-4-16(20(27)28)11-17(15)12-22-18(25)13-24-9-7-21(8-10-24)6-5-19(26)23(2)14-21/h3-4,11H,5-10,12-14H2,1-2H3,(H,22,25)(H,27,28). The van der Waals surface area contributed by atoms with Crippen molar-refractivity contribution in [2.24, 2.45) is 5.41 Å². The number of likely N-dealkylation sites (tertiary alicyclic amines) is 2. The number of carbonyl (C=O) groups is 3. The predicted octanol–water partition coefficient (Wildman–Crippen LogP) is 1.64. The zero-order chi connectivity index (χ0) is 20.3. The smallest absolute Gasteiger partial charge is 0.335 e. The summed E-state index contributed by atoms with van der Waals surface area (Å²) in [4.78, 5) is 39.2. The number of carbonyl (C=O) groups excluding carboxylic acids is 2. The van der Waals surface area contributed by atoms with Gasteiger partial charge >= 0.3 is 5.97 Å². The molecule has 0 aliphatic carbocycles. The van der Waals surface area contributed by atoms with E-state index in [-0.39, 0.29) is 22.8 Å². The minimum atomic E-state index is -0.968. The fourth-order valence-corrected chi connectivity index (χ4v) is 4.27. The van der Waals surface area contributed by atoms with Crippen LogP contribution in [-0.4, -0.2) is 65.9 Å². The Labute approximate surface area is 165 Å². The van der Waals surface area contributed by atoms with Gasteiger partial charge < -0.3 is 15.3 Å². The number of aryl methyl sites for hydroxylation is 1. The summed E-state index contributed by atoms with van der Waals surface area (Å²) in [5.74, 6) is -0.786. The molecule has 1 spiro atoms. The van der Waals surface area contributed by atoms with Crippen molar-refractivity contribution in [1.29, 1.82) is 0 Å². The fourth-order valence-electron chi connectivity index (χ4n) is 4.27. The highest BCUT2D eigenvalue weighted by atomic mass is 16.4. The molecule has 0 unspecified atom stereocenters. The van der Waals surface area contributed by atoms with Gasteiger partial charge in [-0.05, 0) is 68.0 Å². The molecule has 1 aromatic carbocycles. The molecule has 0 aromatic heterocycles. The molecule has 7 heteroatoms. The molecule has 3 rings (SSSR count). The lowest BCUT2D eigenvalue weighted by Gasteiger charge is -2.46. The van der Waals surface area contributed by atoms with Gasteiger partial charge in [-0.25, -0.2) is 4.79 Å². The normalized spacial score (nSPS) is 19.6. The van der Waals surface area contributed by atoms with Gasteiger partial charge in [-0.15, -0.1) is 0 Å². The van der Waals surface area contributed by atoms with Gasteiger partial charge in [0.15, 0.2) is 0 Å². The number of hydrogen-bond acceptors (Lipinski definition) is 4. The molecule has 2 N–H and O–H groups in total. The number of aromatic carboxylic acids is 1. The van der Waals surface area contributed by atoms with E-state index in [1.807, 2.05) is 18.9 Å². The summed E-state index contributed by atoms with van der Waals surface area (Å²) in [6.07, 6.45) is 3.61. The summed E-state index contributed by atoms with van der Waals surface area (Å²) in [6.45, 7) is 5.14. The van der Waals surface area contributed by atoms with Crippen LogP contribution in [0.2, 0.25) is 0 Å². The second-order valence-corrected chi connectivity index (χ2v) is 8.25. The van der Waals surface area contributed by atoms with E-state index in [1.165, 1.54) is 0 Å². The van der Waals surface area contributed by atoms with Crippen molar-refractivity contribution in [1.82, 2.24) is 15.1 Å². The number of hydrogen-bond donors (Lipinski definition) is 2. The van der Waals surface area contributed by atoms with E-state index in [4.69, 9.17) is 5.11 Å². The number of nitrogens with one attached hydrogen (secondary N) is 1. The van der Waals surface area contributed by atoms with E-state index in [1.54, 1.807) is 18.2 Å². The summed E-state index contributed by atoms with van der Waals surface area (Å²) < 4.78 is 0. The Bertz CT molecular complexity index is 769. The largest absolute Gasteiger partial charge is 0.478 e. The molecule has 2 aliphatic heterocycles. The molecule has 0 radical (unpaired) electrons. The molecule has 0 bridgehead atoms. The van der Waals surface area contributed by atoms with E-state index in [2.05, 4.69) is 10.2 Å². The summed E-state index contributed by atoms with van der Waals surface area (Å²) in [7, 11) is 1.88. The van der Waals surface area contributed by atoms with Crippen molar-refractivity contribution in [3.05, 3.63) is 34.9 Å². The first-order valence-corrected chi connectivity index (χ1v) is 9.84. The van der Waals surface area contributed by atoms with E-state index in [0.717, 1.165) is 50.0 Å². The highest BCUT2D eigenvalue weighted by Crippen LogP contribution is 2.39. The maximum Gasteiger partial charge on any atom is 0.335 e. The molecular weight excluding hydrogens is 358 g/mol. The van der Waals surface area contributed by atoms with Crippen LogP contribution in [-0.2, 0) is 16.1 Å². The molecule has 152 valence electrons. The molecule has 1 aromatic rings. The first-order valence-electron chi connectivity index (χ1n) is 9.84. The van der Waals surface area contributed by atoms with Crippen molar-refractivity contribution in [2.45, 2.75) is 39.2 Å². The quantitative estimate of drug-likeness (QED) is 0.802. The Balaban J connectivity index is 1.47. The van der Waals surface area contributed by atoms with Crippen LogP contribution in [0.3, 0.4) is 0 Å². The topological polar surface area (TPSA) is 90.0 Å². The monoisotopic (exact) mass is 387 g/mol. The SMILES string of the molecule is Cc1ccc(C(=O)O)cc1CNC(=O)CN1CCC2(CCC(=O)N(C)C2)CC1. The number of carboxylic acid groups (broad SMARTS) is 1. The molecule has 2 aliphatic rings. The summed E-state index contributed by atoms with van der Waals surface area (Å²) in [5, 5.41) is 12.0. The van der Waals surface area contributed by atoms with Crippen molar-refractivity contribution >= 4 is 17.8 Å². The van der Waals surface area contributed by atoms with Crippen LogP contribution in [0, 0.1) is 12.3 Å². The average Bonchev–Trinajstić information content (AvgIpc) is 2.66. The Hall–Kier alpha value is -2.41. The molecule has 2 amide bonds. The van der Waals surface area contributed by atoms with Gasteiger partial charge in [-0.1, -0.05) is 6.07 Å². The summed E-state index contributed by atoms with van der Waals surface area (Å²) in [5.41, 5.74) is 2.22.